The number of carbonyl (C=O) groups excluding carboxylic acids is 1. The van der Waals surface area contributed by atoms with Gasteiger partial charge in [0, 0.05) is 5.56 Å². The molecule has 6 heteroatoms. The van der Waals surface area contributed by atoms with Gasteiger partial charge in [0.25, 0.3) is 5.91 Å². The third-order valence-electron chi connectivity index (χ3n) is 5.15. The highest BCUT2D eigenvalue weighted by Gasteiger charge is 2.13. The minimum atomic E-state index is -0.198. The van der Waals surface area contributed by atoms with Crippen molar-refractivity contribution >= 4 is 33.1 Å². The molecule has 30 heavy (non-hydrogen) atoms. The Labute approximate surface area is 179 Å². The molecular weight excluding hydrogens is 394 g/mol. The maximum Gasteiger partial charge on any atom is 0.258 e. The number of hydrogen-bond acceptors (Lipinski definition) is 5. The molecule has 0 saturated heterocycles. The summed E-state index contributed by atoms with van der Waals surface area (Å²) in [4.78, 5) is 12.7. The lowest BCUT2D eigenvalue weighted by atomic mass is 9.99. The van der Waals surface area contributed by atoms with Crippen LogP contribution in [-0.2, 0) is 6.61 Å². The molecule has 0 unspecified atom stereocenters. The third-order valence-corrected chi connectivity index (χ3v) is 5.96. The number of hydrogen-bond donors (Lipinski definition) is 1. The topological polar surface area (TPSA) is 64.1 Å². The van der Waals surface area contributed by atoms with Crippen molar-refractivity contribution in [2.45, 2.75) is 32.8 Å². The van der Waals surface area contributed by atoms with Crippen molar-refractivity contribution in [1.82, 2.24) is 10.2 Å². The molecule has 0 spiro atoms. The Morgan fingerprint density at radius 3 is 2.60 bits per heavy atom. The lowest BCUT2D eigenvalue weighted by Crippen LogP contribution is -2.12. The average molecular weight is 418 g/mol. The van der Waals surface area contributed by atoms with Crippen molar-refractivity contribution in [2.24, 2.45) is 0 Å². The molecule has 1 aromatic heterocycles. The second kappa shape index (κ2) is 9.05. The summed E-state index contributed by atoms with van der Waals surface area (Å²) in [6.07, 6.45) is 1.11. The van der Waals surface area contributed by atoms with Crippen LogP contribution in [0.4, 0.5) is 5.13 Å². The van der Waals surface area contributed by atoms with Crippen molar-refractivity contribution < 1.29 is 9.53 Å². The molecule has 3 aromatic carbocycles. The maximum atomic E-state index is 12.7. The molecule has 1 amide bonds. The van der Waals surface area contributed by atoms with Crippen LogP contribution < -0.4 is 10.1 Å². The monoisotopic (exact) mass is 417 g/mol. The normalized spacial score (nSPS) is 11.9. The number of benzene rings is 3. The molecule has 0 aliphatic heterocycles. The Morgan fingerprint density at radius 1 is 1.03 bits per heavy atom. The van der Waals surface area contributed by atoms with Gasteiger partial charge in [-0.2, -0.15) is 0 Å². The summed E-state index contributed by atoms with van der Waals surface area (Å²) >= 11 is 1.31. The van der Waals surface area contributed by atoms with Gasteiger partial charge in [-0.1, -0.05) is 73.7 Å². The van der Waals surface area contributed by atoms with Crippen LogP contribution in [-0.4, -0.2) is 16.1 Å². The molecule has 0 radical (unpaired) electrons. The van der Waals surface area contributed by atoms with Crippen LogP contribution in [0.2, 0.25) is 0 Å². The average Bonchev–Trinajstić information content (AvgIpc) is 3.24. The molecule has 5 nitrogen and oxygen atoms in total. The molecule has 0 saturated carbocycles. The molecule has 0 aliphatic rings. The van der Waals surface area contributed by atoms with Crippen molar-refractivity contribution in [3.63, 3.8) is 0 Å². The minimum Gasteiger partial charge on any atom is -0.486 e. The van der Waals surface area contributed by atoms with E-state index in [0.717, 1.165) is 22.9 Å². The molecule has 1 atom stereocenters. The molecule has 0 bridgehead atoms. The molecular formula is C24H23N3O2S. The standard InChI is InChI=1S/C24H23N3O2S/c1-3-16(2)17-11-13-19(14-12-17)29-15-22-26-27-24(30-22)25-23(28)21-10-6-8-18-7-4-5-9-20(18)21/h4-14,16H,3,15H2,1-2H3,(H,25,27,28)/t16-/m0/s1. The molecule has 0 fully saturated rings. The van der Waals surface area contributed by atoms with E-state index < -0.39 is 0 Å². The summed E-state index contributed by atoms with van der Waals surface area (Å²) in [5, 5.41) is 14.1. The van der Waals surface area contributed by atoms with Gasteiger partial charge in [0.15, 0.2) is 5.01 Å². The van der Waals surface area contributed by atoms with Crippen LogP contribution in [0, 0.1) is 0 Å². The quantitative estimate of drug-likeness (QED) is 0.398. The van der Waals surface area contributed by atoms with E-state index in [4.69, 9.17) is 4.74 Å². The van der Waals surface area contributed by atoms with E-state index in [2.05, 4.69) is 41.5 Å². The van der Waals surface area contributed by atoms with Gasteiger partial charge < -0.3 is 4.74 Å². The number of anilines is 1. The van der Waals surface area contributed by atoms with E-state index in [1.165, 1.54) is 16.9 Å². The van der Waals surface area contributed by atoms with Crippen LogP contribution >= 0.6 is 11.3 Å². The summed E-state index contributed by atoms with van der Waals surface area (Å²) < 4.78 is 5.82. The summed E-state index contributed by atoms with van der Waals surface area (Å²) in [7, 11) is 0. The van der Waals surface area contributed by atoms with E-state index >= 15 is 0 Å². The first-order valence-electron chi connectivity index (χ1n) is 9.98. The SMILES string of the molecule is CC[C@H](C)c1ccc(OCc2nnc(NC(=O)c3cccc4ccccc34)s2)cc1. The second-order valence-corrected chi connectivity index (χ2v) is 8.21. The Bertz CT molecular complexity index is 1150. The number of carbonyl (C=O) groups is 1. The van der Waals surface area contributed by atoms with E-state index in [-0.39, 0.29) is 5.91 Å². The molecule has 152 valence electrons. The van der Waals surface area contributed by atoms with Gasteiger partial charge in [-0.15, -0.1) is 10.2 Å². The lowest BCUT2D eigenvalue weighted by molar-refractivity contribution is 0.102. The van der Waals surface area contributed by atoms with Crippen LogP contribution in [0.1, 0.15) is 47.1 Å². The summed E-state index contributed by atoms with van der Waals surface area (Å²) in [5.74, 6) is 1.13. The highest BCUT2D eigenvalue weighted by molar-refractivity contribution is 7.15. The largest absolute Gasteiger partial charge is 0.486 e. The summed E-state index contributed by atoms with van der Waals surface area (Å²) in [6, 6.07) is 21.6. The predicted octanol–water partition coefficient (Wildman–Crippen LogP) is 6.04. The van der Waals surface area contributed by atoms with Crippen LogP contribution in [0.3, 0.4) is 0 Å². The van der Waals surface area contributed by atoms with Crippen molar-refractivity contribution in [3.8, 4) is 5.75 Å². The number of ether oxygens (including phenoxy) is 1. The van der Waals surface area contributed by atoms with Gasteiger partial charge in [-0.25, -0.2) is 0 Å². The number of fused-ring (bicyclic) bond motifs is 1. The summed E-state index contributed by atoms with van der Waals surface area (Å²) in [5.41, 5.74) is 1.92. The Balaban J connectivity index is 1.39. The van der Waals surface area contributed by atoms with Gasteiger partial charge in [0.1, 0.15) is 12.4 Å². The van der Waals surface area contributed by atoms with Gasteiger partial charge in [-0.05, 0) is 46.9 Å². The van der Waals surface area contributed by atoms with Gasteiger partial charge in [-0.3, -0.25) is 10.1 Å². The van der Waals surface area contributed by atoms with Crippen molar-refractivity contribution in [2.75, 3.05) is 5.32 Å². The van der Waals surface area contributed by atoms with E-state index in [9.17, 15) is 4.79 Å². The molecule has 4 aromatic rings. The first-order chi connectivity index (χ1) is 14.6. The van der Waals surface area contributed by atoms with Gasteiger partial charge >= 0.3 is 0 Å². The highest BCUT2D eigenvalue weighted by Crippen LogP contribution is 2.24. The Kier molecular flexibility index (Phi) is 6.05. The molecule has 1 N–H and O–H groups in total. The molecule has 0 aliphatic carbocycles. The highest BCUT2D eigenvalue weighted by atomic mass is 32.1. The number of rotatable bonds is 7. The smallest absolute Gasteiger partial charge is 0.258 e. The second-order valence-electron chi connectivity index (χ2n) is 7.15. The predicted molar refractivity (Wildman–Crippen MR) is 121 cm³/mol. The zero-order valence-electron chi connectivity index (χ0n) is 17.0. The Hall–Kier alpha value is -3.25. The van der Waals surface area contributed by atoms with Crippen molar-refractivity contribution in [1.29, 1.82) is 0 Å². The fraction of sp³-hybridized carbons (Fsp3) is 0.208. The Morgan fingerprint density at radius 2 is 1.80 bits per heavy atom. The molecule has 1 heterocycles. The number of amides is 1. The zero-order valence-corrected chi connectivity index (χ0v) is 17.8. The first-order valence-corrected chi connectivity index (χ1v) is 10.8. The van der Waals surface area contributed by atoms with E-state index in [1.54, 1.807) is 0 Å². The minimum absolute atomic E-state index is 0.198. The van der Waals surface area contributed by atoms with Crippen LogP contribution in [0.15, 0.2) is 66.7 Å². The third kappa shape index (κ3) is 4.49. The lowest BCUT2D eigenvalue weighted by Gasteiger charge is -2.10. The van der Waals surface area contributed by atoms with Crippen LogP contribution in [0.25, 0.3) is 10.8 Å². The number of nitrogens with zero attached hydrogens (tertiary/aromatic N) is 2. The molecule has 4 rings (SSSR count). The van der Waals surface area contributed by atoms with Crippen molar-refractivity contribution in [3.05, 3.63) is 82.9 Å². The fourth-order valence-electron chi connectivity index (χ4n) is 3.22. The van der Waals surface area contributed by atoms with Crippen LogP contribution in [0.5, 0.6) is 5.75 Å². The van der Waals surface area contributed by atoms with Gasteiger partial charge in [0.2, 0.25) is 5.13 Å². The van der Waals surface area contributed by atoms with E-state index in [1.807, 2.05) is 54.6 Å². The maximum absolute atomic E-state index is 12.7. The zero-order chi connectivity index (χ0) is 20.9. The fourth-order valence-corrected chi connectivity index (χ4v) is 3.87. The summed E-state index contributed by atoms with van der Waals surface area (Å²) in [6.45, 7) is 4.71. The van der Waals surface area contributed by atoms with E-state index in [0.29, 0.717) is 28.2 Å². The number of nitrogens with one attached hydrogen (secondary N) is 1. The first kappa shape index (κ1) is 20.0. The number of aromatic nitrogens is 2. The van der Waals surface area contributed by atoms with Gasteiger partial charge in [0.05, 0.1) is 0 Å².